The Balaban J connectivity index is 1.59. The van der Waals surface area contributed by atoms with E-state index in [1.54, 1.807) is 11.0 Å². The minimum absolute atomic E-state index is 0.158. The number of likely N-dealkylation sites (tertiary alicyclic amines) is 1. The normalized spacial score (nSPS) is 18.0. The van der Waals surface area contributed by atoms with Gasteiger partial charge < -0.3 is 9.47 Å². The number of thioether (sulfide) groups is 1. The number of rotatable bonds is 4. The van der Waals surface area contributed by atoms with Gasteiger partial charge in [0.25, 0.3) is 11.1 Å². The predicted molar refractivity (Wildman–Crippen MR) is 123 cm³/mol. The van der Waals surface area contributed by atoms with E-state index in [2.05, 4.69) is 36.6 Å². The van der Waals surface area contributed by atoms with Crippen molar-refractivity contribution < 1.29 is 14.4 Å². The SMILES string of the molecule is Cc1cc(C)cc(-n2c(C)cc(/C=C3\SC(=O)N(CC(=O)N4CCCC4)C3=O)c2C)c1. The van der Waals surface area contributed by atoms with Crippen LogP contribution in [0.2, 0.25) is 0 Å². The Labute approximate surface area is 186 Å². The molecule has 2 fully saturated rings. The molecule has 0 aliphatic carbocycles. The van der Waals surface area contributed by atoms with Crippen LogP contribution < -0.4 is 0 Å². The first kappa shape index (κ1) is 21.4. The topological polar surface area (TPSA) is 62.6 Å². The number of carbonyl (C=O) groups is 3. The van der Waals surface area contributed by atoms with Crippen molar-refractivity contribution in [1.82, 2.24) is 14.4 Å². The molecular weight excluding hydrogens is 410 g/mol. The number of aromatic nitrogens is 1. The minimum atomic E-state index is -0.390. The molecule has 1 aromatic carbocycles. The molecular formula is C24H27N3O3S. The van der Waals surface area contributed by atoms with E-state index in [1.165, 1.54) is 11.1 Å². The Kier molecular flexibility index (Phi) is 5.79. The monoisotopic (exact) mass is 437 g/mol. The fraction of sp³-hybridized carbons (Fsp3) is 0.375. The van der Waals surface area contributed by atoms with Gasteiger partial charge in [-0.25, -0.2) is 0 Å². The lowest BCUT2D eigenvalue weighted by Crippen LogP contribution is -2.40. The van der Waals surface area contributed by atoms with Crippen LogP contribution in [0.5, 0.6) is 0 Å². The second-order valence-corrected chi connectivity index (χ2v) is 9.36. The summed E-state index contributed by atoms with van der Waals surface area (Å²) < 4.78 is 2.16. The molecule has 2 saturated heterocycles. The van der Waals surface area contributed by atoms with Gasteiger partial charge in [0.05, 0.1) is 4.91 Å². The molecule has 0 atom stereocenters. The van der Waals surface area contributed by atoms with Gasteiger partial charge in [-0.05, 0) is 93.3 Å². The predicted octanol–water partition coefficient (Wildman–Crippen LogP) is 4.37. The molecule has 4 rings (SSSR count). The van der Waals surface area contributed by atoms with E-state index < -0.39 is 5.91 Å². The van der Waals surface area contributed by atoms with Crippen LogP contribution in [-0.2, 0) is 9.59 Å². The molecule has 2 aromatic rings. The standard InChI is InChI=1S/C24H27N3O3S/c1-15-9-16(2)11-20(10-15)27-17(3)12-19(18(27)4)13-21-23(29)26(24(30)31-21)14-22(28)25-7-5-6-8-25/h9-13H,5-8,14H2,1-4H3/b21-13-. The van der Waals surface area contributed by atoms with Crippen LogP contribution in [-0.4, -0.2) is 51.1 Å². The van der Waals surface area contributed by atoms with Crippen molar-refractivity contribution in [1.29, 1.82) is 0 Å². The Hall–Kier alpha value is -2.80. The van der Waals surface area contributed by atoms with Crippen LogP contribution in [0.1, 0.15) is 40.9 Å². The average Bonchev–Trinajstić information content (AvgIpc) is 3.38. The molecule has 0 radical (unpaired) electrons. The number of hydrogen-bond acceptors (Lipinski definition) is 4. The second kappa shape index (κ2) is 8.38. The van der Waals surface area contributed by atoms with Gasteiger partial charge in [-0.15, -0.1) is 0 Å². The molecule has 0 spiro atoms. The maximum Gasteiger partial charge on any atom is 0.294 e. The van der Waals surface area contributed by atoms with Crippen LogP contribution in [0.15, 0.2) is 29.2 Å². The van der Waals surface area contributed by atoms with E-state index in [0.717, 1.165) is 52.1 Å². The Morgan fingerprint density at radius 2 is 1.65 bits per heavy atom. The van der Waals surface area contributed by atoms with Crippen LogP contribution in [0.25, 0.3) is 11.8 Å². The second-order valence-electron chi connectivity index (χ2n) is 8.36. The Morgan fingerprint density at radius 1 is 1.00 bits per heavy atom. The molecule has 0 saturated carbocycles. The summed E-state index contributed by atoms with van der Waals surface area (Å²) in [6.07, 6.45) is 3.72. The van der Waals surface area contributed by atoms with Crippen LogP contribution in [0, 0.1) is 27.7 Å². The van der Waals surface area contributed by atoms with Gasteiger partial charge in [0.2, 0.25) is 5.91 Å². The lowest BCUT2D eigenvalue weighted by molar-refractivity contribution is -0.135. The maximum atomic E-state index is 12.9. The van der Waals surface area contributed by atoms with E-state index >= 15 is 0 Å². The summed E-state index contributed by atoms with van der Waals surface area (Å²) in [7, 11) is 0. The van der Waals surface area contributed by atoms with Crippen molar-refractivity contribution in [3.8, 4) is 5.69 Å². The summed E-state index contributed by atoms with van der Waals surface area (Å²) in [5, 5.41) is -0.382. The zero-order valence-electron chi connectivity index (χ0n) is 18.4. The highest BCUT2D eigenvalue weighted by Gasteiger charge is 2.37. The summed E-state index contributed by atoms with van der Waals surface area (Å²) in [4.78, 5) is 40.9. The third kappa shape index (κ3) is 4.19. The van der Waals surface area contributed by atoms with Gasteiger partial charge in [0.15, 0.2) is 0 Å². The lowest BCUT2D eigenvalue weighted by Gasteiger charge is -2.18. The third-order valence-corrected chi connectivity index (χ3v) is 6.75. The molecule has 0 N–H and O–H groups in total. The number of amides is 3. The molecule has 7 heteroatoms. The van der Waals surface area contributed by atoms with Gasteiger partial charge in [-0.1, -0.05) is 6.07 Å². The number of benzene rings is 1. The molecule has 3 heterocycles. The number of carbonyl (C=O) groups excluding carboxylic acids is 3. The largest absolute Gasteiger partial charge is 0.341 e. The average molecular weight is 438 g/mol. The lowest BCUT2D eigenvalue weighted by atomic mass is 10.1. The van der Waals surface area contributed by atoms with Crippen molar-refractivity contribution in [3.05, 3.63) is 57.2 Å². The number of hydrogen-bond donors (Lipinski definition) is 0. The highest BCUT2D eigenvalue weighted by molar-refractivity contribution is 8.18. The summed E-state index contributed by atoms with van der Waals surface area (Å²) in [5.74, 6) is -0.548. The molecule has 3 amide bonds. The Morgan fingerprint density at radius 3 is 2.29 bits per heavy atom. The molecule has 0 unspecified atom stereocenters. The summed E-state index contributed by atoms with van der Waals surface area (Å²) in [6, 6.07) is 8.43. The van der Waals surface area contributed by atoms with Crippen LogP contribution in [0.4, 0.5) is 4.79 Å². The van der Waals surface area contributed by atoms with Gasteiger partial charge in [0.1, 0.15) is 6.54 Å². The first-order valence-corrected chi connectivity index (χ1v) is 11.4. The van der Waals surface area contributed by atoms with Crippen LogP contribution in [0.3, 0.4) is 0 Å². The van der Waals surface area contributed by atoms with E-state index in [-0.39, 0.29) is 17.7 Å². The fourth-order valence-corrected chi connectivity index (χ4v) is 5.22. The van der Waals surface area contributed by atoms with E-state index in [4.69, 9.17) is 0 Å². The van der Waals surface area contributed by atoms with Gasteiger partial charge in [0, 0.05) is 30.2 Å². The summed E-state index contributed by atoms with van der Waals surface area (Å²) >= 11 is 0.904. The zero-order valence-corrected chi connectivity index (χ0v) is 19.2. The number of nitrogens with zero attached hydrogens (tertiary/aromatic N) is 3. The van der Waals surface area contributed by atoms with Crippen molar-refractivity contribution in [3.63, 3.8) is 0 Å². The molecule has 6 nitrogen and oxygen atoms in total. The molecule has 162 valence electrons. The Bertz CT molecular complexity index is 1090. The molecule has 1 aromatic heterocycles. The first-order valence-electron chi connectivity index (χ1n) is 10.6. The first-order chi connectivity index (χ1) is 14.7. The minimum Gasteiger partial charge on any atom is -0.341 e. The highest BCUT2D eigenvalue weighted by Crippen LogP contribution is 2.34. The van der Waals surface area contributed by atoms with Crippen molar-refractivity contribution >= 4 is 34.9 Å². The van der Waals surface area contributed by atoms with Gasteiger partial charge in [-0.2, -0.15) is 0 Å². The third-order valence-electron chi connectivity index (χ3n) is 5.85. The maximum absolute atomic E-state index is 12.9. The van der Waals surface area contributed by atoms with Crippen molar-refractivity contribution in [2.24, 2.45) is 0 Å². The van der Waals surface area contributed by atoms with Crippen molar-refractivity contribution in [2.75, 3.05) is 19.6 Å². The molecule has 2 aliphatic rings. The smallest absolute Gasteiger partial charge is 0.294 e. The van der Waals surface area contributed by atoms with Gasteiger partial charge in [-0.3, -0.25) is 19.3 Å². The summed E-state index contributed by atoms with van der Waals surface area (Å²) in [6.45, 7) is 9.42. The molecule has 0 bridgehead atoms. The number of aryl methyl sites for hydroxylation is 3. The van der Waals surface area contributed by atoms with E-state index in [9.17, 15) is 14.4 Å². The zero-order chi connectivity index (χ0) is 22.3. The highest BCUT2D eigenvalue weighted by atomic mass is 32.2. The van der Waals surface area contributed by atoms with E-state index in [0.29, 0.717) is 18.0 Å². The fourth-order valence-electron chi connectivity index (χ4n) is 4.39. The quantitative estimate of drug-likeness (QED) is 0.667. The van der Waals surface area contributed by atoms with E-state index in [1.807, 2.05) is 19.9 Å². The number of imide groups is 1. The van der Waals surface area contributed by atoms with Crippen molar-refractivity contribution in [2.45, 2.75) is 40.5 Å². The van der Waals surface area contributed by atoms with Crippen LogP contribution >= 0.6 is 11.8 Å². The molecule has 31 heavy (non-hydrogen) atoms. The molecule has 2 aliphatic heterocycles. The van der Waals surface area contributed by atoms with Gasteiger partial charge >= 0.3 is 0 Å². The summed E-state index contributed by atoms with van der Waals surface area (Å²) in [5.41, 5.74) is 6.41.